The summed E-state index contributed by atoms with van der Waals surface area (Å²) in [4.78, 5) is 14.7. The number of anilines is 1. The molecule has 0 spiro atoms. The molecule has 1 saturated carbocycles. The lowest BCUT2D eigenvalue weighted by atomic mass is 9.87. The number of likely N-dealkylation sites (tertiary alicyclic amines) is 1. The van der Waals surface area contributed by atoms with Gasteiger partial charge < -0.3 is 15.4 Å². The van der Waals surface area contributed by atoms with Crippen molar-refractivity contribution in [2.45, 2.75) is 57.7 Å². The third kappa shape index (κ3) is 3.98. The van der Waals surface area contributed by atoms with E-state index < -0.39 is 0 Å². The van der Waals surface area contributed by atoms with Crippen LogP contribution in [-0.2, 0) is 16.1 Å². The highest BCUT2D eigenvalue weighted by Gasteiger charge is 2.35. The Labute approximate surface area is 143 Å². The molecule has 2 heterocycles. The molecule has 6 heteroatoms. The predicted molar refractivity (Wildman–Crippen MR) is 93.3 cm³/mol. The molecule has 1 aromatic rings. The minimum absolute atomic E-state index is 0.0941. The van der Waals surface area contributed by atoms with Crippen molar-refractivity contribution in [2.75, 3.05) is 19.4 Å². The topological polar surface area (TPSA) is 73.4 Å². The fraction of sp³-hybridized carbons (Fsp3) is 0.667. The van der Waals surface area contributed by atoms with Crippen LogP contribution in [0, 0.1) is 5.92 Å². The highest BCUT2D eigenvalue weighted by Crippen LogP contribution is 2.29. The second-order valence-corrected chi connectivity index (χ2v) is 7.19. The number of methoxy groups -OCH3 is 1. The van der Waals surface area contributed by atoms with Gasteiger partial charge in [-0.25, -0.2) is 0 Å². The summed E-state index contributed by atoms with van der Waals surface area (Å²) in [5, 5.41) is 4.24. The van der Waals surface area contributed by atoms with Gasteiger partial charge in [0.1, 0.15) is 5.82 Å². The minimum atomic E-state index is 0.0941. The molecule has 132 valence electrons. The number of amides is 1. The van der Waals surface area contributed by atoms with Crippen molar-refractivity contribution in [1.82, 2.24) is 14.7 Å². The summed E-state index contributed by atoms with van der Waals surface area (Å²) in [5.41, 5.74) is 6.98. The normalized spacial score (nSPS) is 27.5. The van der Waals surface area contributed by atoms with E-state index in [1.165, 1.54) is 18.4 Å². The van der Waals surface area contributed by atoms with Gasteiger partial charge in [0.25, 0.3) is 0 Å². The van der Waals surface area contributed by atoms with E-state index in [9.17, 15) is 4.79 Å². The molecule has 2 atom stereocenters. The third-order valence-corrected chi connectivity index (χ3v) is 5.30. The van der Waals surface area contributed by atoms with Gasteiger partial charge in [-0.05, 0) is 44.1 Å². The van der Waals surface area contributed by atoms with Gasteiger partial charge in [-0.2, -0.15) is 5.10 Å². The van der Waals surface area contributed by atoms with Crippen molar-refractivity contribution in [1.29, 1.82) is 0 Å². The lowest BCUT2D eigenvalue weighted by molar-refractivity contribution is -0.127. The number of carbonyl (C=O) groups excluding carboxylic acids is 1. The number of hydrogen-bond acceptors (Lipinski definition) is 4. The van der Waals surface area contributed by atoms with Gasteiger partial charge in [0, 0.05) is 25.9 Å². The number of nitrogens with zero attached hydrogens (tertiary/aromatic N) is 3. The van der Waals surface area contributed by atoms with E-state index in [1.54, 1.807) is 13.2 Å². The fourth-order valence-corrected chi connectivity index (χ4v) is 3.72. The molecule has 1 saturated heterocycles. The molecule has 1 aliphatic carbocycles. The predicted octanol–water partition coefficient (Wildman–Crippen LogP) is 2.22. The van der Waals surface area contributed by atoms with E-state index in [0.29, 0.717) is 18.9 Å². The number of rotatable bonds is 4. The molecule has 2 N–H and O–H groups in total. The fourth-order valence-electron chi connectivity index (χ4n) is 3.72. The first-order chi connectivity index (χ1) is 11.5. The van der Waals surface area contributed by atoms with E-state index in [4.69, 9.17) is 10.5 Å². The van der Waals surface area contributed by atoms with Crippen LogP contribution in [0.5, 0.6) is 0 Å². The van der Waals surface area contributed by atoms with Crippen LogP contribution in [0.2, 0.25) is 0 Å². The Morgan fingerprint density at radius 1 is 1.46 bits per heavy atom. The third-order valence-electron chi connectivity index (χ3n) is 5.30. The van der Waals surface area contributed by atoms with Crippen LogP contribution in [0.4, 0.5) is 5.82 Å². The maximum absolute atomic E-state index is 12.8. The molecule has 2 aliphatic rings. The zero-order valence-electron chi connectivity index (χ0n) is 14.6. The van der Waals surface area contributed by atoms with E-state index in [1.807, 2.05) is 21.9 Å². The number of aromatic nitrogens is 2. The number of allylic oxidation sites excluding steroid dienone is 1. The van der Waals surface area contributed by atoms with Crippen LogP contribution >= 0.6 is 0 Å². The van der Waals surface area contributed by atoms with Crippen LogP contribution in [0.3, 0.4) is 0 Å². The Morgan fingerprint density at radius 3 is 2.83 bits per heavy atom. The van der Waals surface area contributed by atoms with Crippen molar-refractivity contribution in [2.24, 2.45) is 5.92 Å². The van der Waals surface area contributed by atoms with E-state index in [2.05, 4.69) is 12.0 Å². The highest BCUT2D eigenvalue weighted by molar-refractivity contribution is 5.88. The Hall–Kier alpha value is -1.82. The van der Waals surface area contributed by atoms with Crippen LogP contribution in [-0.4, -0.2) is 46.4 Å². The van der Waals surface area contributed by atoms with Crippen molar-refractivity contribution in [3.63, 3.8) is 0 Å². The van der Waals surface area contributed by atoms with Gasteiger partial charge in [0.2, 0.25) is 5.91 Å². The van der Waals surface area contributed by atoms with Crippen molar-refractivity contribution in [3.05, 3.63) is 23.9 Å². The average molecular weight is 332 g/mol. The molecular formula is C18H28N4O2. The first-order valence-electron chi connectivity index (χ1n) is 8.87. The smallest absolute Gasteiger partial charge is 0.246 e. The molecule has 24 heavy (non-hydrogen) atoms. The Morgan fingerprint density at radius 2 is 2.21 bits per heavy atom. The highest BCUT2D eigenvalue weighted by atomic mass is 16.5. The van der Waals surface area contributed by atoms with Crippen LogP contribution in [0.1, 0.15) is 39.0 Å². The van der Waals surface area contributed by atoms with Crippen molar-refractivity contribution >= 4 is 11.7 Å². The summed E-state index contributed by atoms with van der Waals surface area (Å²) in [6, 6.07) is 1.88. The SMILES string of the molecule is CO[C@H]1C[C@@H](Cn2ccc(N)n2)N(C(=O)C=C2CCC(C)CC2)C1. The van der Waals surface area contributed by atoms with E-state index >= 15 is 0 Å². The number of carbonyl (C=O) groups is 1. The second-order valence-electron chi connectivity index (χ2n) is 7.19. The molecule has 1 aliphatic heterocycles. The zero-order chi connectivity index (χ0) is 17.1. The quantitative estimate of drug-likeness (QED) is 0.858. The zero-order valence-corrected chi connectivity index (χ0v) is 14.6. The van der Waals surface area contributed by atoms with Crippen LogP contribution in [0.15, 0.2) is 23.9 Å². The van der Waals surface area contributed by atoms with Gasteiger partial charge in [-0.15, -0.1) is 0 Å². The second kappa shape index (κ2) is 7.38. The lowest BCUT2D eigenvalue weighted by Crippen LogP contribution is -2.37. The summed E-state index contributed by atoms with van der Waals surface area (Å²) >= 11 is 0. The minimum Gasteiger partial charge on any atom is -0.382 e. The molecule has 0 radical (unpaired) electrons. The van der Waals surface area contributed by atoms with Gasteiger partial charge >= 0.3 is 0 Å². The van der Waals surface area contributed by atoms with Crippen molar-refractivity contribution in [3.8, 4) is 0 Å². The Bertz CT molecular complexity index is 600. The standard InChI is InChI=1S/C18H28N4O2/c1-13-3-5-14(6-4-13)9-18(23)22-12-16(24-2)10-15(22)11-21-8-7-17(19)20-21/h7-9,13,15-16H,3-6,10-12H2,1-2H3,(H2,19,20)/t13?,15-,16-/m0/s1. The monoisotopic (exact) mass is 332 g/mol. The summed E-state index contributed by atoms with van der Waals surface area (Å²) in [6.07, 6.45) is 9.14. The van der Waals surface area contributed by atoms with E-state index in [-0.39, 0.29) is 18.1 Å². The van der Waals surface area contributed by atoms with E-state index in [0.717, 1.165) is 25.2 Å². The van der Waals surface area contributed by atoms with Gasteiger partial charge in [-0.3, -0.25) is 9.48 Å². The Kier molecular flexibility index (Phi) is 5.23. The molecule has 1 aromatic heterocycles. The van der Waals surface area contributed by atoms with Crippen molar-refractivity contribution < 1.29 is 9.53 Å². The van der Waals surface area contributed by atoms with Gasteiger partial charge in [-0.1, -0.05) is 12.5 Å². The van der Waals surface area contributed by atoms with Gasteiger partial charge in [0.05, 0.1) is 18.7 Å². The lowest BCUT2D eigenvalue weighted by Gasteiger charge is -2.25. The number of nitrogen functional groups attached to an aromatic ring is 1. The largest absolute Gasteiger partial charge is 0.382 e. The number of hydrogen-bond donors (Lipinski definition) is 1. The molecule has 6 nitrogen and oxygen atoms in total. The first-order valence-corrected chi connectivity index (χ1v) is 8.87. The number of ether oxygens (including phenoxy) is 1. The summed E-state index contributed by atoms with van der Waals surface area (Å²) in [5.74, 6) is 1.40. The van der Waals surface area contributed by atoms with Crippen LogP contribution in [0.25, 0.3) is 0 Å². The molecule has 0 bridgehead atoms. The number of nitrogens with two attached hydrogens (primary N) is 1. The molecular weight excluding hydrogens is 304 g/mol. The maximum Gasteiger partial charge on any atom is 0.246 e. The first kappa shape index (κ1) is 17.0. The summed E-state index contributed by atoms with van der Waals surface area (Å²) < 4.78 is 7.31. The van der Waals surface area contributed by atoms with Gasteiger partial charge in [0.15, 0.2) is 0 Å². The average Bonchev–Trinajstić information content (AvgIpc) is 3.16. The molecule has 0 unspecified atom stereocenters. The summed E-state index contributed by atoms with van der Waals surface area (Å²) in [6.45, 7) is 3.59. The molecule has 3 rings (SSSR count). The summed E-state index contributed by atoms with van der Waals surface area (Å²) in [7, 11) is 1.71. The maximum atomic E-state index is 12.8. The molecule has 1 amide bonds. The Balaban J connectivity index is 1.68. The van der Waals surface area contributed by atoms with Crippen LogP contribution < -0.4 is 5.73 Å². The molecule has 0 aromatic carbocycles. The molecule has 2 fully saturated rings.